The molecule has 3 heteroatoms. The predicted molar refractivity (Wildman–Crippen MR) is 66.4 cm³/mol. The van der Waals surface area contributed by atoms with Crippen molar-refractivity contribution in [1.29, 1.82) is 0 Å². The van der Waals surface area contributed by atoms with Gasteiger partial charge in [0.15, 0.2) is 0 Å². The molecule has 1 aliphatic heterocycles. The molecular weight excluding hydrogens is 214 g/mol. The second-order valence-electron chi connectivity index (χ2n) is 4.36. The first kappa shape index (κ1) is 11.7. The second kappa shape index (κ2) is 4.60. The zero-order valence-electron chi connectivity index (χ0n) is 9.81. The Kier molecular flexibility index (Phi) is 3.16. The Labute approximate surface area is 101 Å². The summed E-state index contributed by atoms with van der Waals surface area (Å²) < 4.78 is 0. The lowest BCUT2D eigenvalue weighted by atomic mass is 10.1. The lowest BCUT2D eigenvalue weighted by Gasteiger charge is -2.19. The summed E-state index contributed by atoms with van der Waals surface area (Å²) in [6.45, 7) is 2.44. The van der Waals surface area contributed by atoms with Crippen molar-refractivity contribution < 1.29 is 9.90 Å². The summed E-state index contributed by atoms with van der Waals surface area (Å²) in [7, 11) is 0. The molecule has 1 heterocycles. The van der Waals surface area contributed by atoms with Crippen LogP contribution in [0.5, 0.6) is 0 Å². The molecular formula is C14H15NO2. The fourth-order valence-corrected chi connectivity index (χ4v) is 2.16. The van der Waals surface area contributed by atoms with Crippen molar-refractivity contribution in [2.75, 3.05) is 11.4 Å². The molecule has 1 N–H and O–H groups in total. The summed E-state index contributed by atoms with van der Waals surface area (Å²) in [6.07, 6.45) is 5.75. The predicted octanol–water partition coefficient (Wildman–Crippen LogP) is 1.47. The molecule has 1 saturated heterocycles. The molecule has 0 aromatic heterocycles. The zero-order chi connectivity index (χ0) is 12.4. The molecule has 0 saturated carbocycles. The van der Waals surface area contributed by atoms with Crippen LogP contribution in [0.2, 0.25) is 0 Å². The summed E-state index contributed by atoms with van der Waals surface area (Å²) in [5, 5.41) is 9.33. The first-order valence-electron chi connectivity index (χ1n) is 5.62. The van der Waals surface area contributed by atoms with E-state index in [2.05, 4.69) is 5.92 Å². The number of nitrogens with zero attached hydrogens (tertiary/aromatic N) is 1. The van der Waals surface area contributed by atoms with Gasteiger partial charge in [-0.05, 0) is 13.0 Å². The minimum absolute atomic E-state index is 0.0182. The summed E-state index contributed by atoms with van der Waals surface area (Å²) in [5.74, 6) is 2.63. The largest absolute Gasteiger partial charge is 0.392 e. The third-order valence-electron chi connectivity index (χ3n) is 3.06. The number of anilines is 1. The third kappa shape index (κ3) is 2.17. The SMILES string of the molecule is C#CC1CC(=O)N(c2ccc(C)cc2CO)C1. The number of aliphatic hydroxyl groups excluding tert-OH is 1. The van der Waals surface area contributed by atoms with Gasteiger partial charge in [-0.2, -0.15) is 0 Å². The number of aliphatic hydroxyl groups is 1. The minimum atomic E-state index is -0.0679. The quantitative estimate of drug-likeness (QED) is 0.780. The van der Waals surface area contributed by atoms with Crippen molar-refractivity contribution >= 4 is 11.6 Å². The van der Waals surface area contributed by atoms with Gasteiger partial charge in [-0.25, -0.2) is 0 Å². The second-order valence-corrected chi connectivity index (χ2v) is 4.36. The lowest BCUT2D eigenvalue weighted by molar-refractivity contribution is -0.117. The molecule has 1 aromatic rings. The van der Waals surface area contributed by atoms with E-state index in [1.54, 1.807) is 4.90 Å². The van der Waals surface area contributed by atoms with Crippen molar-refractivity contribution in [1.82, 2.24) is 0 Å². The monoisotopic (exact) mass is 229 g/mol. The van der Waals surface area contributed by atoms with E-state index in [0.717, 1.165) is 16.8 Å². The van der Waals surface area contributed by atoms with Gasteiger partial charge in [0.25, 0.3) is 0 Å². The molecule has 0 aliphatic carbocycles. The smallest absolute Gasteiger partial charge is 0.228 e. The molecule has 0 radical (unpaired) electrons. The number of rotatable bonds is 2. The van der Waals surface area contributed by atoms with Gasteiger partial charge in [0.05, 0.1) is 6.61 Å². The highest BCUT2D eigenvalue weighted by molar-refractivity contribution is 5.96. The number of benzene rings is 1. The molecule has 17 heavy (non-hydrogen) atoms. The van der Waals surface area contributed by atoms with Crippen LogP contribution in [-0.2, 0) is 11.4 Å². The molecule has 1 unspecified atom stereocenters. The van der Waals surface area contributed by atoms with Gasteiger partial charge in [0.1, 0.15) is 0 Å². The van der Waals surface area contributed by atoms with Crippen LogP contribution in [0.1, 0.15) is 17.5 Å². The first-order valence-corrected chi connectivity index (χ1v) is 5.62. The lowest BCUT2D eigenvalue weighted by Crippen LogP contribution is -2.25. The minimum Gasteiger partial charge on any atom is -0.392 e. The van der Waals surface area contributed by atoms with E-state index in [1.807, 2.05) is 25.1 Å². The van der Waals surface area contributed by atoms with E-state index >= 15 is 0 Å². The number of aryl methyl sites for hydroxylation is 1. The fourth-order valence-electron chi connectivity index (χ4n) is 2.16. The third-order valence-corrected chi connectivity index (χ3v) is 3.06. The zero-order valence-corrected chi connectivity index (χ0v) is 9.81. The van der Waals surface area contributed by atoms with Gasteiger partial charge in [-0.15, -0.1) is 12.3 Å². The van der Waals surface area contributed by atoms with Crippen LogP contribution in [0.3, 0.4) is 0 Å². The van der Waals surface area contributed by atoms with Crippen molar-refractivity contribution in [2.45, 2.75) is 20.0 Å². The van der Waals surface area contributed by atoms with Crippen LogP contribution in [0, 0.1) is 25.2 Å². The van der Waals surface area contributed by atoms with Gasteiger partial charge in [-0.3, -0.25) is 4.79 Å². The van der Waals surface area contributed by atoms with E-state index in [4.69, 9.17) is 6.42 Å². The summed E-state index contributed by atoms with van der Waals surface area (Å²) in [5.41, 5.74) is 2.62. The van der Waals surface area contributed by atoms with Crippen LogP contribution in [0.25, 0.3) is 0 Å². The Morgan fingerprint density at radius 2 is 2.35 bits per heavy atom. The standard InChI is InChI=1S/C14H15NO2/c1-3-11-7-14(17)15(8-11)13-5-4-10(2)6-12(13)9-16/h1,4-6,11,16H,7-9H2,2H3. The summed E-state index contributed by atoms with van der Waals surface area (Å²) >= 11 is 0. The van der Waals surface area contributed by atoms with Gasteiger partial charge in [0, 0.05) is 30.1 Å². The van der Waals surface area contributed by atoms with Gasteiger partial charge < -0.3 is 10.0 Å². The van der Waals surface area contributed by atoms with Gasteiger partial charge >= 0.3 is 0 Å². The number of hydrogen-bond acceptors (Lipinski definition) is 2. The first-order chi connectivity index (χ1) is 8.15. The fraction of sp³-hybridized carbons (Fsp3) is 0.357. The molecule has 2 rings (SSSR count). The van der Waals surface area contributed by atoms with Crippen LogP contribution >= 0.6 is 0 Å². The maximum Gasteiger partial charge on any atom is 0.228 e. The van der Waals surface area contributed by atoms with Crippen molar-refractivity contribution in [3.05, 3.63) is 29.3 Å². The Morgan fingerprint density at radius 3 is 2.94 bits per heavy atom. The van der Waals surface area contributed by atoms with Gasteiger partial charge in [-0.1, -0.05) is 17.7 Å². The normalized spacial score (nSPS) is 19.5. The molecule has 1 aromatic carbocycles. The van der Waals surface area contributed by atoms with Crippen LogP contribution < -0.4 is 4.90 Å². The van der Waals surface area contributed by atoms with E-state index < -0.39 is 0 Å². The molecule has 0 bridgehead atoms. The number of terminal acetylenes is 1. The van der Waals surface area contributed by atoms with Crippen molar-refractivity contribution in [3.63, 3.8) is 0 Å². The van der Waals surface area contributed by atoms with Crippen molar-refractivity contribution in [2.24, 2.45) is 5.92 Å². The Hall–Kier alpha value is -1.79. The molecule has 3 nitrogen and oxygen atoms in total. The van der Waals surface area contributed by atoms with Crippen LogP contribution in [0.15, 0.2) is 18.2 Å². The highest BCUT2D eigenvalue weighted by Gasteiger charge is 2.30. The highest BCUT2D eigenvalue weighted by Crippen LogP contribution is 2.28. The Morgan fingerprint density at radius 1 is 1.59 bits per heavy atom. The molecule has 1 fully saturated rings. The van der Waals surface area contributed by atoms with E-state index in [9.17, 15) is 9.90 Å². The number of carbonyl (C=O) groups is 1. The summed E-state index contributed by atoms with van der Waals surface area (Å²) in [4.78, 5) is 13.5. The van der Waals surface area contributed by atoms with Crippen LogP contribution in [0.4, 0.5) is 5.69 Å². The van der Waals surface area contributed by atoms with E-state index in [1.165, 1.54) is 0 Å². The summed E-state index contributed by atoms with van der Waals surface area (Å²) in [6, 6.07) is 5.70. The Balaban J connectivity index is 2.35. The molecule has 1 aliphatic rings. The Bertz CT molecular complexity index is 487. The van der Waals surface area contributed by atoms with E-state index in [0.29, 0.717) is 13.0 Å². The maximum absolute atomic E-state index is 11.8. The molecule has 0 spiro atoms. The molecule has 1 amide bonds. The average molecular weight is 229 g/mol. The number of amides is 1. The topological polar surface area (TPSA) is 40.5 Å². The van der Waals surface area contributed by atoms with Crippen molar-refractivity contribution in [3.8, 4) is 12.3 Å². The number of hydrogen-bond donors (Lipinski definition) is 1. The highest BCUT2D eigenvalue weighted by atomic mass is 16.3. The molecule has 88 valence electrons. The van der Waals surface area contributed by atoms with E-state index in [-0.39, 0.29) is 18.4 Å². The average Bonchev–Trinajstić information content (AvgIpc) is 2.70. The maximum atomic E-state index is 11.8. The molecule has 1 atom stereocenters. The van der Waals surface area contributed by atoms with Gasteiger partial charge in [0.2, 0.25) is 5.91 Å². The van der Waals surface area contributed by atoms with Crippen LogP contribution in [-0.4, -0.2) is 17.6 Å². The number of carbonyl (C=O) groups excluding carboxylic acids is 1.